The molecule has 2 aromatic rings. The van der Waals surface area contributed by atoms with Crippen LogP contribution in [0.1, 0.15) is 24.0 Å². The Morgan fingerprint density at radius 3 is 1.27 bits per heavy atom. The van der Waals surface area contributed by atoms with E-state index in [0.29, 0.717) is 24.0 Å². The number of hydrogen-bond donors (Lipinski definition) is 0. The molecule has 0 N–H and O–H groups in total. The van der Waals surface area contributed by atoms with Gasteiger partial charge in [-0.3, -0.25) is 20.2 Å². The first-order valence-electron chi connectivity index (χ1n) is 8.11. The highest BCUT2D eigenvalue weighted by atomic mass is 16.6. The Hall–Kier alpha value is -3.54. The Morgan fingerprint density at radius 2 is 0.962 bits per heavy atom. The number of benzene rings is 2. The maximum absolute atomic E-state index is 11.5. The van der Waals surface area contributed by atoms with Gasteiger partial charge in [0.05, 0.1) is 9.85 Å². The van der Waals surface area contributed by atoms with Gasteiger partial charge in [0.25, 0.3) is 0 Å². The molecule has 0 saturated heterocycles. The molecule has 0 aliphatic heterocycles. The van der Waals surface area contributed by atoms with Crippen molar-refractivity contribution in [3.05, 3.63) is 116 Å². The van der Waals surface area contributed by atoms with Crippen LogP contribution in [0.3, 0.4) is 0 Å². The average Bonchev–Trinajstić information content (AvgIpc) is 2.63. The van der Waals surface area contributed by atoms with Crippen LogP contribution in [0.5, 0.6) is 0 Å². The van der Waals surface area contributed by atoms with Crippen molar-refractivity contribution in [3.63, 3.8) is 0 Å². The van der Waals surface area contributed by atoms with Crippen LogP contribution >= 0.6 is 0 Å². The van der Waals surface area contributed by atoms with E-state index in [1.807, 2.05) is 60.7 Å². The fourth-order valence-corrected chi connectivity index (χ4v) is 2.94. The summed E-state index contributed by atoms with van der Waals surface area (Å²) < 4.78 is 0. The fraction of sp³-hybridized carbons (Fsp3) is 0.100. The summed E-state index contributed by atoms with van der Waals surface area (Å²) >= 11 is 0. The Balaban J connectivity index is 2.19. The monoisotopic (exact) mass is 348 g/mol. The second-order valence-corrected chi connectivity index (χ2v) is 5.86. The number of hydrogen-bond acceptors (Lipinski definition) is 4. The first kappa shape index (κ1) is 17.3. The van der Waals surface area contributed by atoms with E-state index in [1.54, 1.807) is 0 Å². The second-order valence-electron chi connectivity index (χ2n) is 5.86. The SMILES string of the molecule is O=[N+]([O-])C1=C([N+](=O)[O-])/C=C(/c2ccccc2)CC/C(c2ccccc2)=C\1. The zero-order chi connectivity index (χ0) is 18.5. The first-order chi connectivity index (χ1) is 12.6. The highest BCUT2D eigenvalue weighted by molar-refractivity contribution is 5.75. The molecule has 1 aliphatic rings. The minimum atomic E-state index is -0.689. The van der Waals surface area contributed by atoms with Crippen molar-refractivity contribution in [2.75, 3.05) is 0 Å². The van der Waals surface area contributed by atoms with Crippen LogP contribution in [0.15, 0.2) is 84.2 Å². The molecule has 0 aromatic heterocycles. The molecule has 2 aromatic carbocycles. The molecule has 26 heavy (non-hydrogen) atoms. The molecule has 3 rings (SSSR count). The van der Waals surface area contributed by atoms with Crippen molar-refractivity contribution in [1.29, 1.82) is 0 Å². The molecule has 6 heteroatoms. The number of nitro groups is 2. The van der Waals surface area contributed by atoms with E-state index < -0.39 is 21.2 Å². The van der Waals surface area contributed by atoms with E-state index in [0.717, 1.165) is 11.1 Å². The summed E-state index contributed by atoms with van der Waals surface area (Å²) in [6.07, 6.45) is 3.75. The molecule has 0 atom stereocenters. The molecule has 0 amide bonds. The van der Waals surface area contributed by atoms with E-state index in [2.05, 4.69) is 0 Å². The zero-order valence-electron chi connectivity index (χ0n) is 13.9. The van der Waals surface area contributed by atoms with Crippen molar-refractivity contribution in [3.8, 4) is 0 Å². The van der Waals surface area contributed by atoms with Gasteiger partial charge in [0.2, 0.25) is 0 Å². The second kappa shape index (κ2) is 7.57. The van der Waals surface area contributed by atoms with Crippen LogP contribution in [0.25, 0.3) is 11.1 Å². The van der Waals surface area contributed by atoms with Gasteiger partial charge < -0.3 is 0 Å². The summed E-state index contributed by atoms with van der Waals surface area (Å²) in [4.78, 5) is 21.7. The topological polar surface area (TPSA) is 86.3 Å². The lowest BCUT2D eigenvalue weighted by molar-refractivity contribution is -0.463. The lowest BCUT2D eigenvalue weighted by Crippen LogP contribution is -2.09. The van der Waals surface area contributed by atoms with Gasteiger partial charge in [-0.05, 0) is 35.1 Å². The average molecular weight is 348 g/mol. The maximum atomic E-state index is 11.5. The molecule has 0 fully saturated rings. The smallest absolute Gasteiger partial charge is 0.258 e. The number of nitrogens with zero attached hydrogens (tertiary/aromatic N) is 2. The van der Waals surface area contributed by atoms with Crippen molar-refractivity contribution < 1.29 is 9.85 Å². The molecular formula is C20H16N2O4. The summed E-state index contributed by atoms with van der Waals surface area (Å²) in [6, 6.07) is 18.5. The highest BCUT2D eigenvalue weighted by Crippen LogP contribution is 2.32. The zero-order valence-corrected chi connectivity index (χ0v) is 13.9. The van der Waals surface area contributed by atoms with E-state index in [9.17, 15) is 20.2 Å². The summed E-state index contributed by atoms with van der Waals surface area (Å²) in [6.45, 7) is 0. The predicted octanol–water partition coefficient (Wildman–Crippen LogP) is 4.71. The summed E-state index contributed by atoms with van der Waals surface area (Å²) in [5.41, 5.74) is 2.06. The number of allylic oxidation sites excluding steroid dienone is 4. The molecule has 0 heterocycles. The molecule has 0 spiro atoms. The van der Waals surface area contributed by atoms with Gasteiger partial charge >= 0.3 is 11.4 Å². The predicted molar refractivity (Wildman–Crippen MR) is 99.1 cm³/mol. The van der Waals surface area contributed by atoms with Crippen molar-refractivity contribution in [1.82, 2.24) is 0 Å². The largest absolute Gasteiger partial charge is 0.346 e. The van der Waals surface area contributed by atoms with Gasteiger partial charge in [0, 0.05) is 12.2 Å². The van der Waals surface area contributed by atoms with Crippen molar-refractivity contribution >= 4 is 11.1 Å². The summed E-state index contributed by atoms with van der Waals surface area (Å²) in [5, 5.41) is 23.0. The Labute approximate surface area is 150 Å². The lowest BCUT2D eigenvalue weighted by Gasteiger charge is -2.13. The lowest BCUT2D eigenvalue weighted by atomic mass is 9.91. The van der Waals surface area contributed by atoms with Crippen LogP contribution in [-0.2, 0) is 0 Å². The maximum Gasteiger partial charge on any atom is 0.346 e. The molecule has 0 radical (unpaired) electrons. The van der Waals surface area contributed by atoms with Crippen LogP contribution in [0.4, 0.5) is 0 Å². The fourth-order valence-electron chi connectivity index (χ4n) is 2.94. The Kier molecular flexibility index (Phi) is 5.03. The molecule has 0 bridgehead atoms. The van der Waals surface area contributed by atoms with E-state index in [1.165, 1.54) is 12.2 Å². The third kappa shape index (κ3) is 3.75. The third-order valence-electron chi connectivity index (χ3n) is 4.23. The van der Waals surface area contributed by atoms with E-state index >= 15 is 0 Å². The van der Waals surface area contributed by atoms with E-state index in [-0.39, 0.29) is 0 Å². The third-order valence-corrected chi connectivity index (χ3v) is 4.23. The molecule has 0 saturated carbocycles. The molecule has 6 nitrogen and oxygen atoms in total. The van der Waals surface area contributed by atoms with Crippen LogP contribution in [0, 0.1) is 20.2 Å². The number of rotatable bonds is 4. The normalized spacial score (nSPS) is 21.5. The molecule has 0 unspecified atom stereocenters. The van der Waals surface area contributed by atoms with E-state index in [4.69, 9.17) is 0 Å². The van der Waals surface area contributed by atoms with Crippen LogP contribution in [-0.4, -0.2) is 9.85 Å². The summed E-state index contributed by atoms with van der Waals surface area (Å²) in [5.74, 6) is 0. The van der Waals surface area contributed by atoms with Gasteiger partial charge in [0.15, 0.2) is 0 Å². The van der Waals surface area contributed by atoms with Gasteiger partial charge in [-0.2, -0.15) is 0 Å². The molecule has 130 valence electrons. The molecule has 1 aliphatic carbocycles. The van der Waals surface area contributed by atoms with Crippen molar-refractivity contribution in [2.24, 2.45) is 0 Å². The minimum absolute atomic E-state index is 0.498. The van der Waals surface area contributed by atoms with Gasteiger partial charge in [-0.25, -0.2) is 0 Å². The highest BCUT2D eigenvalue weighted by Gasteiger charge is 2.28. The van der Waals surface area contributed by atoms with Crippen LogP contribution in [0.2, 0.25) is 0 Å². The standard InChI is InChI=1S/C20H16N2O4/c23-21(24)19-13-17(15-7-3-1-4-8-15)11-12-18(14-20(19)22(25)26)16-9-5-2-6-10-16/h1-10,13-14H,11-12H2/b17-13+,18-14+,20-19-. The minimum Gasteiger partial charge on any atom is -0.258 e. The van der Waals surface area contributed by atoms with Crippen molar-refractivity contribution in [2.45, 2.75) is 12.8 Å². The first-order valence-corrected chi connectivity index (χ1v) is 8.11. The van der Waals surface area contributed by atoms with Gasteiger partial charge in [-0.15, -0.1) is 0 Å². The Bertz CT molecular complexity index is 851. The van der Waals surface area contributed by atoms with Crippen LogP contribution < -0.4 is 0 Å². The Morgan fingerprint density at radius 1 is 0.615 bits per heavy atom. The van der Waals surface area contributed by atoms with Gasteiger partial charge in [-0.1, -0.05) is 60.7 Å². The molecular weight excluding hydrogens is 332 g/mol. The quantitative estimate of drug-likeness (QED) is 0.591. The summed E-state index contributed by atoms with van der Waals surface area (Å²) in [7, 11) is 0. The van der Waals surface area contributed by atoms with Gasteiger partial charge in [0.1, 0.15) is 0 Å².